The zero-order chi connectivity index (χ0) is 6.81. The standard InChI is InChI=1S/C5H4N4O/c1-2-7-4(6-1)5-8-3-9-10-5/h1-3H,(H,6,7). The Morgan fingerprint density at radius 2 is 2.40 bits per heavy atom. The molecule has 0 aliphatic heterocycles. The Morgan fingerprint density at radius 3 is 3.00 bits per heavy atom. The summed E-state index contributed by atoms with van der Waals surface area (Å²) in [6.45, 7) is 0. The molecule has 0 atom stereocenters. The van der Waals surface area contributed by atoms with Gasteiger partial charge in [-0.05, 0) is 0 Å². The molecule has 2 heterocycles. The fraction of sp³-hybridized carbons (Fsp3) is 0. The molecule has 0 amide bonds. The van der Waals surface area contributed by atoms with E-state index in [1.54, 1.807) is 12.4 Å². The molecule has 0 saturated carbocycles. The van der Waals surface area contributed by atoms with Crippen LogP contribution in [0.1, 0.15) is 0 Å². The topological polar surface area (TPSA) is 67.6 Å². The van der Waals surface area contributed by atoms with Gasteiger partial charge in [-0.2, -0.15) is 4.98 Å². The smallest absolute Gasteiger partial charge is 0.293 e. The van der Waals surface area contributed by atoms with Crippen molar-refractivity contribution in [3.8, 4) is 11.7 Å². The number of aromatic amines is 1. The lowest BCUT2D eigenvalue weighted by molar-refractivity contribution is 0.427. The number of imidazole rings is 1. The van der Waals surface area contributed by atoms with Gasteiger partial charge < -0.3 is 9.51 Å². The Hall–Kier alpha value is -1.65. The highest BCUT2D eigenvalue weighted by atomic mass is 16.5. The largest absolute Gasteiger partial charge is 0.341 e. The van der Waals surface area contributed by atoms with Gasteiger partial charge in [0.05, 0.1) is 0 Å². The van der Waals surface area contributed by atoms with Gasteiger partial charge in [0.1, 0.15) is 0 Å². The summed E-state index contributed by atoms with van der Waals surface area (Å²) in [4.78, 5) is 10.5. The third-order valence-corrected chi connectivity index (χ3v) is 1.06. The average molecular weight is 136 g/mol. The minimum Gasteiger partial charge on any atom is -0.341 e. The first-order valence-electron chi connectivity index (χ1n) is 2.73. The normalized spacial score (nSPS) is 10.0. The molecule has 2 aromatic rings. The molecule has 2 rings (SSSR count). The van der Waals surface area contributed by atoms with Crippen molar-refractivity contribution < 1.29 is 4.52 Å². The molecule has 0 radical (unpaired) electrons. The van der Waals surface area contributed by atoms with Crippen molar-refractivity contribution in [1.82, 2.24) is 20.1 Å². The van der Waals surface area contributed by atoms with Crippen LogP contribution in [0.25, 0.3) is 11.7 Å². The van der Waals surface area contributed by atoms with Gasteiger partial charge >= 0.3 is 0 Å². The van der Waals surface area contributed by atoms with Gasteiger partial charge in [0.2, 0.25) is 0 Å². The summed E-state index contributed by atoms with van der Waals surface area (Å²) in [5, 5.41) is 3.43. The van der Waals surface area contributed by atoms with E-state index < -0.39 is 0 Å². The van der Waals surface area contributed by atoms with Crippen LogP contribution in [-0.2, 0) is 0 Å². The Labute approximate surface area is 56.1 Å². The molecule has 5 heteroatoms. The van der Waals surface area contributed by atoms with Crippen LogP contribution in [0, 0.1) is 0 Å². The first kappa shape index (κ1) is 5.16. The van der Waals surface area contributed by atoms with E-state index in [0.29, 0.717) is 11.7 Å². The van der Waals surface area contributed by atoms with E-state index in [1.807, 2.05) is 0 Å². The first-order valence-corrected chi connectivity index (χ1v) is 2.73. The highest BCUT2D eigenvalue weighted by Crippen LogP contribution is 2.07. The molecule has 0 aromatic carbocycles. The quantitative estimate of drug-likeness (QED) is 0.618. The van der Waals surface area contributed by atoms with Crippen molar-refractivity contribution in [2.75, 3.05) is 0 Å². The van der Waals surface area contributed by atoms with E-state index in [9.17, 15) is 0 Å². The summed E-state index contributed by atoms with van der Waals surface area (Å²) >= 11 is 0. The Balaban J connectivity index is 2.48. The highest BCUT2D eigenvalue weighted by Gasteiger charge is 2.03. The van der Waals surface area contributed by atoms with Crippen LogP contribution in [0.4, 0.5) is 0 Å². The van der Waals surface area contributed by atoms with Gasteiger partial charge in [-0.25, -0.2) is 4.98 Å². The van der Waals surface area contributed by atoms with E-state index in [2.05, 4.69) is 20.1 Å². The first-order chi connectivity index (χ1) is 4.97. The molecule has 0 saturated heterocycles. The molecule has 50 valence electrons. The number of H-pyrrole nitrogens is 1. The predicted octanol–water partition coefficient (Wildman–Crippen LogP) is 0.460. The fourth-order valence-corrected chi connectivity index (χ4v) is 0.660. The molecule has 0 aliphatic carbocycles. The van der Waals surface area contributed by atoms with Gasteiger partial charge in [-0.1, -0.05) is 5.16 Å². The summed E-state index contributed by atoms with van der Waals surface area (Å²) in [7, 11) is 0. The van der Waals surface area contributed by atoms with Crippen molar-refractivity contribution in [1.29, 1.82) is 0 Å². The summed E-state index contributed by atoms with van der Waals surface area (Å²) in [5.74, 6) is 1.00. The molecule has 0 unspecified atom stereocenters. The maximum atomic E-state index is 4.72. The zero-order valence-corrected chi connectivity index (χ0v) is 4.98. The minimum absolute atomic E-state index is 0.407. The maximum absolute atomic E-state index is 4.72. The molecular weight excluding hydrogens is 132 g/mol. The van der Waals surface area contributed by atoms with Gasteiger partial charge in [0.15, 0.2) is 12.2 Å². The molecule has 0 bridgehead atoms. The van der Waals surface area contributed by atoms with E-state index in [1.165, 1.54) is 6.33 Å². The van der Waals surface area contributed by atoms with E-state index >= 15 is 0 Å². The number of nitrogens with zero attached hydrogens (tertiary/aromatic N) is 3. The number of hydrogen-bond acceptors (Lipinski definition) is 4. The van der Waals surface area contributed by atoms with E-state index in [0.717, 1.165) is 0 Å². The second-order valence-corrected chi connectivity index (χ2v) is 1.68. The van der Waals surface area contributed by atoms with Crippen LogP contribution in [-0.4, -0.2) is 20.1 Å². The Morgan fingerprint density at radius 1 is 1.40 bits per heavy atom. The van der Waals surface area contributed by atoms with Crippen LogP contribution >= 0.6 is 0 Å². The lowest BCUT2D eigenvalue weighted by atomic mass is 10.6. The van der Waals surface area contributed by atoms with Crippen LogP contribution < -0.4 is 0 Å². The monoisotopic (exact) mass is 136 g/mol. The van der Waals surface area contributed by atoms with Crippen molar-refractivity contribution >= 4 is 0 Å². The number of aromatic nitrogens is 4. The molecular formula is C5H4N4O. The molecule has 0 fully saturated rings. The summed E-state index contributed by atoms with van der Waals surface area (Å²) in [6.07, 6.45) is 4.65. The Kier molecular flexibility index (Phi) is 1.00. The van der Waals surface area contributed by atoms with Gasteiger partial charge in [0.25, 0.3) is 5.89 Å². The summed E-state index contributed by atoms with van der Waals surface area (Å²) in [5.41, 5.74) is 0. The lowest BCUT2D eigenvalue weighted by Gasteiger charge is -1.80. The second kappa shape index (κ2) is 1.94. The lowest BCUT2D eigenvalue weighted by Crippen LogP contribution is -1.77. The summed E-state index contributed by atoms with van der Waals surface area (Å²) < 4.78 is 4.72. The third kappa shape index (κ3) is 0.680. The van der Waals surface area contributed by atoms with E-state index in [4.69, 9.17) is 4.52 Å². The van der Waals surface area contributed by atoms with Crippen molar-refractivity contribution in [2.45, 2.75) is 0 Å². The van der Waals surface area contributed by atoms with Crippen molar-refractivity contribution in [3.63, 3.8) is 0 Å². The maximum Gasteiger partial charge on any atom is 0.293 e. The highest BCUT2D eigenvalue weighted by molar-refractivity contribution is 5.37. The van der Waals surface area contributed by atoms with Crippen molar-refractivity contribution in [2.24, 2.45) is 0 Å². The van der Waals surface area contributed by atoms with Crippen molar-refractivity contribution in [3.05, 3.63) is 18.7 Å². The fourth-order valence-electron chi connectivity index (χ4n) is 0.660. The molecule has 1 N–H and O–H groups in total. The number of rotatable bonds is 1. The molecule has 0 spiro atoms. The average Bonchev–Trinajstić information content (AvgIpc) is 2.59. The second-order valence-electron chi connectivity index (χ2n) is 1.68. The number of nitrogens with one attached hydrogen (secondary N) is 1. The van der Waals surface area contributed by atoms with Gasteiger partial charge in [0, 0.05) is 12.4 Å². The Bertz CT molecular complexity index is 253. The van der Waals surface area contributed by atoms with Gasteiger partial charge in [-0.3, -0.25) is 0 Å². The SMILES string of the molecule is c1c[nH]c(-c2ncno2)n1. The number of hydrogen-bond donors (Lipinski definition) is 1. The molecule has 2 aromatic heterocycles. The van der Waals surface area contributed by atoms with Crippen LogP contribution in [0.3, 0.4) is 0 Å². The van der Waals surface area contributed by atoms with Crippen LogP contribution in [0.15, 0.2) is 23.2 Å². The molecule has 0 aliphatic rings. The van der Waals surface area contributed by atoms with Crippen LogP contribution in [0.5, 0.6) is 0 Å². The molecule has 10 heavy (non-hydrogen) atoms. The molecule has 5 nitrogen and oxygen atoms in total. The van der Waals surface area contributed by atoms with Crippen LogP contribution in [0.2, 0.25) is 0 Å². The van der Waals surface area contributed by atoms with E-state index in [-0.39, 0.29) is 0 Å². The third-order valence-electron chi connectivity index (χ3n) is 1.06. The summed E-state index contributed by atoms with van der Waals surface area (Å²) in [6, 6.07) is 0. The minimum atomic E-state index is 0.407. The zero-order valence-electron chi connectivity index (χ0n) is 4.98. The van der Waals surface area contributed by atoms with Gasteiger partial charge in [-0.15, -0.1) is 0 Å². The predicted molar refractivity (Wildman–Crippen MR) is 31.9 cm³/mol.